The number of methoxy groups -OCH3 is 3. The van der Waals surface area contributed by atoms with E-state index in [-0.39, 0.29) is 18.4 Å². The molecule has 2 aromatic rings. The predicted octanol–water partition coefficient (Wildman–Crippen LogP) is 3.09. The number of rotatable bonds is 9. The van der Waals surface area contributed by atoms with Crippen molar-refractivity contribution in [2.45, 2.75) is 51.6 Å². The number of nitrogens with zero attached hydrogens (tertiary/aromatic N) is 3. The van der Waals surface area contributed by atoms with E-state index < -0.39 is 0 Å². The molecule has 1 aliphatic heterocycles. The highest BCUT2D eigenvalue weighted by Crippen LogP contribution is 2.40. The number of hydrogen-bond donors (Lipinski definition) is 0. The molecule has 0 N–H and O–H groups in total. The Hall–Kier alpha value is -2.61. The summed E-state index contributed by atoms with van der Waals surface area (Å²) in [6, 6.07) is 3.77. The van der Waals surface area contributed by atoms with Gasteiger partial charge in [0.1, 0.15) is 0 Å². The molecular formula is C21H29N3O5. The fourth-order valence-corrected chi connectivity index (χ4v) is 3.71. The molecule has 8 nitrogen and oxygen atoms in total. The van der Waals surface area contributed by atoms with E-state index in [1.165, 1.54) is 7.11 Å². The van der Waals surface area contributed by atoms with Crippen LogP contribution in [0.2, 0.25) is 0 Å². The molecule has 0 spiro atoms. The van der Waals surface area contributed by atoms with Crippen LogP contribution in [0.4, 0.5) is 0 Å². The molecule has 1 atom stereocenters. The van der Waals surface area contributed by atoms with Crippen LogP contribution in [0.1, 0.15) is 55.1 Å². The first-order valence-electron chi connectivity index (χ1n) is 9.96. The molecule has 158 valence electrons. The highest BCUT2D eigenvalue weighted by atomic mass is 16.5. The predicted molar refractivity (Wildman–Crippen MR) is 106 cm³/mol. The van der Waals surface area contributed by atoms with Gasteiger partial charge in [-0.2, -0.15) is 4.98 Å². The highest BCUT2D eigenvalue weighted by molar-refractivity contribution is 5.70. The third-order valence-electron chi connectivity index (χ3n) is 5.30. The van der Waals surface area contributed by atoms with Gasteiger partial charge in [0.05, 0.1) is 34.3 Å². The quantitative estimate of drug-likeness (QED) is 0.591. The monoisotopic (exact) mass is 403 g/mol. The van der Waals surface area contributed by atoms with E-state index in [9.17, 15) is 4.79 Å². The second kappa shape index (κ2) is 9.73. The van der Waals surface area contributed by atoms with Crippen LogP contribution in [-0.2, 0) is 28.9 Å². The van der Waals surface area contributed by atoms with E-state index in [2.05, 4.69) is 22.0 Å². The van der Waals surface area contributed by atoms with Gasteiger partial charge in [-0.1, -0.05) is 18.5 Å². The number of fused-ring (bicyclic) bond motifs is 1. The zero-order valence-corrected chi connectivity index (χ0v) is 17.6. The van der Waals surface area contributed by atoms with E-state index >= 15 is 0 Å². The number of unbranched alkanes of at least 4 members (excludes halogenated alkanes) is 1. The van der Waals surface area contributed by atoms with Gasteiger partial charge in [0.2, 0.25) is 5.89 Å². The Morgan fingerprint density at radius 1 is 1.24 bits per heavy atom. The van der Waals surface area contributed by atoms with Crippen LogP contribution >= 0.6 is 0 Å². The van der Waals surface area contributed by atoms with Crippen LogP contribution < -0.4 is 9.47 Å². The van der Waals surface area contributed by atoms with E-state index in [0.717, 1.165) is 49.2 Å². The van der Waals surface area contributed by atoms with Crippen LogP contribution in [-0.4, -0.2) is 48.9 Å². The van der Waals surface area contributed by atoms with Crippen molar-refractivity contribution in [1.82, 2.24) is 15.0 Å². The average molecular weight is 403 g/mol. The number of carbonyl (C=O) groups is 1. The molecule has 8 heteroatoms. The van der Waals surface area contributed by atoms with Gasteiger partial charge in [-0.3, -0.25) is 9.69 Å². The fourth-order valence-electron chi connectivity index (χ4n) is 3.71. The molecule has 0 saturated heterocycles. The standard InChI is InChI=1S/C21H29N3O5/c1-5-6-7-19-22-20(29-23-19)13-24-9-8-14-10-17(26-2)18(27-3)11-15(14)16(24)12-21(25)28-4/h10-11,16H,5-9,12-13H2,1-4H3/t16-/m0/s1. The molecule has 0 fully saturated rings. The highest BCUT2D eigenvalue weighted by Gasteiger charge is 2.32. The van der Waals surface area contributed by atoms with Crippen molar-refractivity contribution < 1.29 is 23.5 Å². The minimum absolute atomic E-state index is 0.169. The van der Waals surface area contributed by atoms with E-state index in [0.29, 0.717) is 23.9 Å². The van der Waals surface area contributed by atoms with Crippen molar-refractivity contribution in [3.63, 3.8) is 0 Å². The SMILES string of the molecule is CCCCc1noc(CN2CCc3cc(OC)c(OC)cc3[C@@H]2CC(=O)OC)n1. The first kappa shape index (κ1) is 21.1. The number of benzene rings is 1. The lowest BCUT2D eigenvalue weighted by molar-refractivity contribution is -0.142. The average Bonchev–Trinajstić information content (AvgIpc) is 3.19. The number of carbonyl (C=O) groups excluding carboxylic acids is 1. The maximum Gasteiger partial charge on any atom is 0.307 e. The zero-order valence-electron chi connectivity index (χ0n) is 17.6. The second-order valence-electron chi connectivity index (χ2n) is 7.13. The Labute approximate surface area is 171 Å². The van der Waals surface area contributed by atoms with E-state index in [1.54, 1.807) is 14.2 Å². The van der Waals surface area contributed by atoms with Crippen LogP contribution in [0.5, 0.6) is 11.5 Å². The fraction of sp³-hybridized carbons (Fsp3) is 0.571. The molecule has 1 aromatic heterocycles. The molecule has 0 unspecified atom stereocenters. The first-order valence-corrected chi connectivity index (χ1v) is 9.96. The molecule has 1 aliphatic rings. The molecular weight excluding hydrogens is 374 g/mol. The minimum atomic E-state index is -0.267. The van der Waals surface area contributed by atoms with E-state index in [1.807, 2.05) is 12.1 Å². The smallest absolute Gasteiger partial charge is 0.307 e. The molecule has 29 heavy (non-hydrogen) atoms. The van der Waals surface area contributed by atoms with Crippen LogP contribution in [0, 0.1) is 0 Å². The van der Waals surface area contributed by atoms with Gasteiger partial charge in [-0.25, -0.2) is 0 Å². The number of hydrogen-bond acceptors (Lipinski definition) is 8. The van der Waals surface area contributed by atoms with Gasteiger partial charge < -0.3 is 18.7 Å². The van der Waals surface area contributed by atoms with Crippen molar-refractivity contribution in [3.8, 4) is 11.5 Å². The molecule has 1 aromatic carbocycles. The molecule has 3 rings (SSSR count). The van der Waals surface area contributed by atoms with Gasteiger partial charge >= 0.3 is 5.97 Å². The summed E-state index contributed by atoms with van der Waals surface area (Å²) in [7, 11) is 4.64. The Kier molecular flexibility index (Phi) is 7.09. The summed E-state index contributed by atoms with van der Waals surface area (Å²) in [5, 5.41) is 4.07. The van der Waals surface area contributed by atoms with Gasteiger partial charge in [0.25, 0.3) is 0 Å². The van der Waals surface area contributed by atoms with E-state index in [4.69, 9.17) is 18.7 Å². The summed E-state index contributed by atoms with van der Waals surface area (Å²) in [6.07, 6.45) is 3.98. The Bertz CT molecular complexity index is 836. The molecule has 0 bridgehead atoms. The van der Waals surface area contributed by atoms with Crippen LogP contribution in [0.15, 0.2) is 16.7 Å². The first-order chi connectivity index (χ1) is 14.1. The van der Waals surface area contributed by atoms with Gasteiger partial charge in [0.15, 0.2) is 17.3 Å². The van der Waals surface area contributed by atoms with Crippen molar-refractivity contribution in [2.24, 2.45) is 0 Å². The number of aromatic nitrogens is 2. The Morgan fingerprint density at radius 2 is 2.00 bits per heavy atom. The summed E-state index contributed by atoms with van der Waals surface area (Å²) in [5.74, 6) is 2.36. The molecule has 0 aliphatic carbocycles. The van der Waals surface area contributed by atoms with Gasteiger partial charge in [-0.15, -0.1) is 0 Å². The van der Waals surface area contributed by atoms with Crippen LogP contribution in [0.25, 0.3) is 0 Å². The maximum absolute atomic E-state index is 12.1. The van der Waals surface area contributed by atoms with Crippen molar-refractivity contribution in [3.05, 3.63) is 35.0 Å². The Morgan fingerprint density at radius 3 is 2.69 bits per heavy atom. The Balaban J connectivity index is 1.87. The summed E-state index contributed by atoms with van der Waals surface area (Å²) < 4.78 is 21.3. The molecule has 0 radical (unpaired) electrons. The van der Waals surface area contributed by atoms with Gasteiger partial charge in [-0.05, 0) is 36.1 Å². The number of aryl methyl sites for hydroxylation is 1. The number of ether oxygens (including phenoxy) is 3. The second-order valence-corrected chi connectivity index (χ2v) is 7.13. The van der Waals surface area contributed by atoms with Crippen molar-refractivity contribution in [1.29, 1.82) is 0 Å². The topological polar surface area (TPSA) is 86.9 Å². The van der Waals surface area contributed by atoms with Gasteiger partial charge in [0, 0.05) is 19.0 Å². The summed E-state index contributed by atoms with van der Waals surface area (Å²) in [4.78, 5) is 18.8. The largest absolute Gasteiger partial charge is 0.493 e. The molecule has 0 amide bonds. The zero-order chi connectivity index (χ0) is 20.8. The van der Waals surface area contributed by atoms with Crippen LogP contribution in [0.3, 0.4) is 0 Å². The number of esters is 1. The summed E-state index contributed by atoms with van der Waals surface area (Å²) in [5.41, 5.74) is 2.17. The molecule has 0 saturated carbocycles. The lowest BCUT2D eigenvalue weighted by Gasteiger charge is -2.36. The maximum atomic E-state index is 12.1. The summed E-state index contributed by atoms with van der Waals surface area (Å²) in [6.45, 7) is 3.37. The molecule has 2 heterocycles. The summed E-state index contributed by atoms with van der Waals surface area (Å²) >= 11 is 0. The minimum Gasteiger partial charge on any atom is -0.493 e. The van der Waals surface area contributed by atoms with Crippen molar-refractivity contribution in [2.75, 3.05) is 27.9 Å². The normalized spacial score (nSPS) is 16.3. The lowest BCUT2D eigenvalue weighted by Crippen LogP contribution is -2.36. The third-order valence-corrected chi connectivity index (χ3v) is 5.30. The third kappa shape index (κ3) is 4.87. The van der Waals surface area contributed by atoms with Crippen molar-refractivity contribution >= 4 is 5.97 Å². The lowest BCUT2D eigenvalue weighted by atomic mass is 9.90.